The second-order valence-corrected chi connectivity index (χ2v) is 13.7. The van der Waals surface area contributed by atoms with Gasteiger partial charge >= 0.3 is 5.97 Å². The van der Waals surface area contributed by atoms with Crippen LogP contribution in [0.5, 0.6) is 28.9 Å². The second-order valence-electron chi connectivity index (χ2n) is 12.9. The Morgan fingerprint density at radius 2 is 1.65 bits per heavy atom. The first kappa shape index (κ1) is 37.0. The fraction of sp³-hybridized carbons (Fsp3) is 0.0976. The third-order valence-corrected chi connectivity index (χ3v) is 10.1. The summed E-state index contributed by atoms with van der Waals surface area (Å²) in [7, 11) is 1.77. The molecule has 9 rings (SSSR count). The number of pyridine rings is 2. The topological polar surface area (TPSA) is 156 Å². The molecule has 0 saturated heterocycles. The van der Waals surface area contributed by atoms with Crippen molar-refractivity contribution in [3.05, 3.63) is 154 Å². The van der Waals surface area contributed by atoms with Crippen LogP contribution in [0.4, 0.5) is 17.6 Å². The van der Waals surface area contributed by atoms with E-state index in [0.717, 1.165) is 12.1 Å². The summed E-state index contributed by atoms with van der Waals surface area (Å²) >= 11 is 0.675. The zero-order valence-electron chi connectivity index (χ0n) is 29.6. The van der Waals surface area contributed by atoms with Gasteiger partial charge in [-0.15, -0.1) is 0 Å². The Hall–Kier alpha value is -6.94. The number of nitrogens with zero attached hydrogens (tertiary/aromatic N) is 4. The van der Waals surface area contributed by atoms with Crippen LogP contribution in [-0.2, 0) is 14.4 Å². The number of carbonyl (C=O) groups excluding carboxylic acids is 1. The molecule has 0 fully saturated rings. The molecule has 0 saturated carbocycles. The molecule has 0 spiro atoms. The molecule has 4 aromatic carbocycles. The number of carbonyl (C=O) groups is 1. The summed E-state index contributed by atoms with van der Waals surface area (Å²) in [6, 6.07) is 23.7. The average Bonchev–Trinajstić information content (AvgIpc) is 3.65. The highest BCUT2D eigenvalue weighted by Gasteiger charge is 2.51. The number of halogens is 4. The Balaban J connectivity index is 1.44. The number of nitrogens with one attached hydrogen (secondary N) is 1. The molecule has 4 bridgehead atoms. The van der Waals surface area contributed by atoms with Crippen molar-refractivity contribution in [3.8, 4) is 40.1 Å². The van der Waals surface area contributed by atoms with Crippen LogP contribution in [0.1, 0.15) is 27.9 Å². The van der Waals surface area contributed by atoms with Crippen molar-refractivity contribution >= 4 is 29.7 Å². The average molecular weight is 793 g/mol. The van der Waals surface area contributed by atoms with Gasteiger partial charge in [0.1, 0.15) is 28.8 Å². The van der Waals surface area contributed by atoms with Crippen LogP contribution in [-0.4, -0.2) is 57.8 Å². The van der Waals surface area contributed by atoms with E-state index in [1.807, 2.05) is 0 Å². The van der Waals surface area contributed by atoms with Crippen LogP contribution in [0, 0.1) is 28.7 Å². The highest BCUT2D eigenvalue weighted by molar-refractivity contribution is 7.95. The maximum Gasteiger partial charge on any atom is 0.339 e. The summed E-state index contributed by atoms with van der Waals surface area (Å²) < 4.78 is 85.2. The van der Waals surface area contributed by atoms with E-state index >= 15 is 17.6 Å². The van der Waals surface area contributed by atoms with Crippen LogP contribution >= 0.6 is 12.0 Å². The molecule has 286 valence electrons. The van der Waals surface area contributed by atoms with Crippen LogP contribution in [0.15, 0.2) is 113 Å². The van der Waals surface area contributed by atoms with E-state index in [4.69, 9.17) is 24.8 Å². The van der Waals surface area contributed by atoms with E-state index in [2.05, 4.69) is 15.0 Å². The van der Waals surface area contributed by atoms with Crippen molar-refractivity contribution in [2.24, 2.45) is 10.7 Å². The Bertz CT molecular complexity index is 2590. The van der Waals surface area contributed by atoms with E-state index in [0.29, 0.717) is 42.1 Å². The molecule has 0 atom stereocenters. The van der Waals surface area contributed by atoms with Crippen molar-refractivity contribution in [2.45, 2.75) is 10.3 Å². The molecule has 3 aliphatic rings. The minimum atomic E-state index is -2.34. The van der Waals surface area contributed by atoms with Gasteiger partial charge in [0, 0.05) is 24.1 Å². The summed E-state index contributed by atoms with van der Waals surface area (Å²) in [5.41, 5.74) is 0.728. The highest BCUT2D eigenvalue weighted by atomic mass is 32.2. The summed E-state index contributed by atoms with van der Waals surface area (Å²) in [5.74, 6) is -10.4. The first-order chi connectivity index (χ1) is 27.5. The Kier molecular flexibility index (Phi) is 9.49. The number of hydrogen-bond donors (Lipinski definition) is 3. The number of aliphatic imine (C=N–C) groups is 1. The number of aromatic nitrogens is 2. The standard InChI is InChI=1S/C41H28F4N6O5S/c1-51-17-16-48-38(51)25-19-24-13-15-28(25)54-35-32(44)34(30-26(42)20-49-39(31(30)43)55-29-18-21(37(46)47)12-14-27(29)52)50-36(33(35)45)41(40(53)56-57-24,22-8-4-2-5-9-22)23-10-6-3-7-11-23/h2-15,18-20,52H,16-17H2,1H3,(H3,46,47). The number of amidine groups is 2. The van der Waals surface area contributed by atoms with Gasteiger partial charge in [-0.05, 0) is 47.5 Å². The molecule has 0 radical (unpaired) electrons. The van der Waals surface area contributed by atoms with Crippen molar-refractivity contribution < 1.29 is 41.1 Å². The predicted octanol–water partition coefficient (Wildman–Crippen LogP) is 7.86. The third kappa shape index (κ3) is 6.33. The van der Waals surface area contributed by atoms with Gasteiger partial charge in [0.15, 0.2) is 40.2 Å². The fourth-order valence-electron chi connectivity index (χ4n) is 6.68. The minimum Gasteiger partial charge on any atom is -0.504 e. The smallest absolute Gasteiger partial charge is 0.339 e. The van der Waals surface area contributed by atoms with Crippen molar-refractivity contribution in [2.75, 3.05) is 20.1 Å². The zero-order chi connectivity index (χ0) is 40.0. The van der Waals surface area contributed by atoms with E-state index in [-0.39, 0.29) is 28.0 Å². The quantitative estimate of drug-likeness (QED) is 0.0630. The number of fused-ring (bicyclic) bond motifs is 5. The Labute approximate surface area is 326 Å². The third-order valence-electron chi connectivity index (χ3n) is 9.44. The lowest BCUT2D eigenvalue weighted by Crippen LogP contribution is -2.41. The summed E-state index contributed by atoms with van der Waals surface area (Å²) in [5, 5.41) is 18.2. The zero-order valence-corrected chi connectivity index (χ0v) is 30.4. The lowest BCUT2D eigenvalue weighted by Gasteiger charge is -2.33. The SMILES string of the molecule is CN1CCN=C1c1cc2ccc1Oc1c(F)c(-c3c(F)cnc(Oc4cc(C(=N)N)ccc4O)c3F)nc(c1F)C(c1ccccc1)(c1ccccc1)C(=O)OS2. The van der Waals surface area contributed by atoms with Gasteiger partial charge < -0.3 is 29.4 Å². The number of phenols is 1. The molecular formula is C41H28F4N6O5S. The second kappa shape index (κ2) is 14.6. The number of ether oxygens (including phenoxy) is 2. The first-order valence-corrected chi connectivity index (χ1v) is 17.9. The van der Waals surface area contributed by atoms with Crippen molar-refractivity contribution in [3.63, 3.8) is 0 Å². The van der Waals surface area contributed by atoms with Crippen LogP contribution in [0.3, 0.4) is 0 Å². The molecule has 2 aromatic heterocycles. The summed E-state index contributed by atoms with van der Waals surface area (Å²) in [4.78, 5) is 29.6. The fourth-order valence-corrected chi connectivity index (χ4v) is 7.27. The number of phenolic OH excluding ortho intramolecular Hbond substituents is 1. The monoisotopic (exact) mass is 792 g/mol. The molecule has 11 nitrogen and oxygen atoms in total. The van der Waals surface area contributed by atoms with Gasteiger partial charge in [0.25, 0.3) is 5.88 Å². The maximum absolute atomic E-state index is 17.6. The van der Waals surface area contributed by atoms with E-state index in [1.54, 1.807) is 54.4 Å². The highest BCUT2D eigenvalue weighted by Crippen LogP contribution is 2.48. The molecule has 3 aliphatic heterocycles. The van der Waals surface area contributed by atoms with Gasteiger partial charge in [-0.1, -0.05) is 60.7 Å². The van der Waals surface area contributed by atoms with Gasteiger partial charge in [-0.2, -0.15) is 0 Å². The molecule has 16 heteroatoms. The number of aromatic hydroxyl groups is 1. The Morgan fingerprint density at radius 3 is 2.30 bits per heavy atom. The molecule has 0 amide bonds. The van der Waals surface area contributed by atoms with Crippen LogP contribution in [0.25, 0.3) is 11.3 Å². The van der Waals surface area contributed by atoms with Crippen molar-refractivity contribution in [1.82, 2.24) is 14.9 Å². The number of hydrogen-bond acceptors (Lipinski definition) is 11. The summed E-state index contributed by atoms with van der Waals surface area (Å²) in [6.45, 7) is 0.953. The maximum atomic E-state index is 17.6. The lowest BCUT2D eigenvalue weighted by molar-refractivity contribution is -0.136. The largest absolute Gasteiger partial charge is 0.504 e. The molecule has 6 aromatic rings. The number of benzene rings is 4. The Morgan fingerprint density at radius 1 is 0.947 bits per heavy atom. The number of likely N-dealkylation sites (N-methyl/N-ethyl adjacent to an activating group) is 1. The molecule has 0 unspecified atom stereocenters. The van der Waals surface area contributed by atoms with Crippen LogP contribution in [0.2, 0.25) is 0 Å². The molecule has 5 heterocycles. The van der Waals surface area contributed by atoms with Gasteiger partial charge in [-0.3, -0.25) is 10.4 Å². The van der Waals surface area contributed by atoms with E-state index in [9.17, 15) is 9.90 Å². The summed E-state index contributed by atoms with van der Waals surface area (Å²) in [6.07, 6.45) is 0.514. The molecule has 0 aliphatic carbocycles. The lowest BCUT2D eigenvalue weighted by atomic mass is 9.71. The van der Waals surface area contributed by atoms with Crippen LogP contribution < -0.4 is 15.2 Å². The van der Waals surface area contributed by atoms with Gasteiger partial charge in [0.05, 0.1) is 35.9 Å². The molecule has 57 heavy (non-hydrogen) atoms. The minimum absolute atomic E-state index is 0.0785. The molecule has 4 N–H and O–H groups in total. The van der Waals surface area contributed by atoms with E-state index in [1.165, 1.54) is 42.5 Å². The van der Waals surface area contributed by atoms with Crippen molar-refractivity contribution in [1.29, 1.82) is 5.41 Å². The normalized spacial score (nSPS) is 14.6. The number of nitrogen functional groups attached to an aromatic ring is 1. The van der Waals surface area contributed by atoms with E-state index < -0.39 is 80.6 Å². The first-order valence-electron chi connectivity index (χ1n) is 17.2. The molecular weight excluding hydrogens is 765 g/mol. The van der Waals surface area contributed by atoms with Gasteiger partial charge in [0.2, 0.25) is 5.75 Å². The predicted molar refractivity (Wildman–Crippen MR) is 202 cm³/mol. The van der Waals surface area contributed by atoms with Gasteiger partial charge in [-0.25, -0.2) is 32.3 Å². The number of rotatable bonds is 7. The number of nitrogens with two attached hydrogens (primary N) is 1.